The van der Waals surface area contributed by atoms with Gasteiger partial charge < -0.3 is 15.1 Å². The number of hydrogen-bond acceptors (Lipinski definition) is 6. The molecule has 1 N–H and O–H groups in total. The Morgan fingerprint density at radius 2 is 1.84 bits per heavy atom. The molecule has 0 fully saturated rings. The van der Waals surface area contributed by atoms with E-state index in [1.807, 2.05) is 11.9 Å². The Balaban J connectivity index is 2.62. The zero-order valence-corrected chi connectivity index (χ0v) is 12.9. The van der Waals surface area contributed by atoms with Crippen LogP contribution in [0.2, 0.25) is 5.28 Å². The molecule has 0 amide bonds. The molecular weight excluding hydrogens is 264 g/mol. The minimum atomic E-state index is 0.225. The Morgan fingerprint density at radius 3 is 2.47 bits per heavy atom. The highest BCUT2D eigenvalue weighted by Crippen LogP contribution is 2.12. The number of halogens is 1. The first-order chi connectivity index (χ1) is 9.02. The number of rotatable bonds is 8. The van der Waals surface area contributed by atoms with Gasteiger partial charge in [0.1, 0.15) is 0 Å². The third kappa shape index (κ3) is 6.02. The highest BCUT2D eigenvalue weighted by molar-refractivity contribution is 6.28. The number of nitrogens with zero attached hydrogens (tertiary/aromatic N) is 5. The number of aromatic nitrogens is 3. The van der Waals surface area contributed by atoms with Gasteiger partial charge in [0.15, 0.2) is 0 Å². The lowest BCUT2D eigenvalue weighted by Crippen LogP contribution is -2.25. The van der Waals surface area contributed by atoms with E-state index in [9.17, 15) is 0 Å². The van der Waals surface area contributed by atoms with Crippen molar-refractivity contribution in [1.29, 1.82) is 0 Å². The van der Waals surface area contributed by atoms with Gasteiger partial charge in [0.25, 0.3) is 0 Å². The smallest absolute Gasteiger partial charge is 0.231 e. The van der Waals surface area contributed by atoms with Crippen molar-refractivity contribution in [3.05, 3.63) is 5.28 Å². The summed E-state index contributed by atoms with van der Waals surface area (Å²) in [5, 5.41) is 3.35. The van der Waals surface area contributed by atoms with Crippen LogP contribution in [0.3, 0.4) is 0 Å². The van der Waals surface area contributed by atoms with E-state index in [2.05, 4.69) is 46.2 Å². The minimum Gasteiger partial charge on any atom is -0.354 e. The van der Waals surface area contributed by atoms with Gasteiger partial charge in [0.2, 0.25) is 17.2 Å². The predicted molar refractivity (Wildman–Crippen MR) is 80.1 cm³/mol. The molecule has 1 aromatic rings. The second-order valence-corrected chi connectivity index (χ2v) is 5.07. The van der Waals surface area contributed by atoms with E-state index >= 15 is 0 Å². The Bertz CT molecular complexity index is 384. The van der Waals surface area contributed by atoms with E-state index < -0.39 is 0 Å². The van der Waals surface area contributed by atoms with Crippen molar-refractivity contribution in [1.82, 2.24) is 19.9 Å². The summed E-state index contributed by atoms with van der Waals surface area (Å²) in [5.41, 5.74) is 0. The average Bonchev–Trinajstić information content (AvgIpc) is 2.35. The van der Waals surface area contributed by atoms with Crippen LogP contribution in [-0.4, -0.2) is 60.6 Å². The molecule has 1 rings (SSSR count). The van der Waals surface area contributed by atoms with E-state index in [-0.39, 0.29) is 5.28 Å². The van der Waals surface area contributed by atoms with Crippen molar-refractivity contribution in [2.75, 3.05) is 51.0 Å². The minimum absolute atomic E-state index is 0.225. The van der Waals surface area contributed by atoms with Gasteiger partial charge in [-0.15, -0.1) is 0 Å². The van der Waals surface area contributed by atoms with E-state index in [0.29, 0.717) is 11.9 Å². The predicted octanol–water partition coefficient (Wildman–Crippen LogP) is 1.73. The zero-order valence-electron chi connectivity index (χ0n) is 12.1. The molecule has 0 spiro atoms. The summed E-state index contributed by atoms with van der Waals surface area (Å²) >= 11 is 5.92. The van der Waals surface area contributed by atoms with Crippen LogP contribution in [0, 0.1) is 0 Å². The molecule has 0 saturated carbocycles. The van der Waals surface area contributed by atoms with Gasteiger partial charge in [-0.25, -0.2) is 0 Å². The highest BCUT2D eigenvalue weighted by atomic mass is 35.5. The molecule has 0 aliphatic rings. The summed E-state index contributed by atoms with van der Waals surface area (Å²) in [6.07, 6.45) is 2.06. The van der Waals surface area contributed by atoms with Crippen LogP contribution in [-0.2, 0) is 0 Å². The second kappa shape index (κ2) is 8.12. The van der Waals surface area contributed by atoms with E-state index in [1.54, 1.807) is 0 Å². The first-order valence-corrected chi connectivity index (χ1v) is 6.92. The summed E-state index contributed by atoms with van der Waals surface area (Å²) in [6, 6.07) is 0. The normalized spacial score (nSPS) is 10.8. The van der Waals surface area contributed by atoms with Crippen molar-refractivity contribution in [3.63, 3.8) is 0 Å². The van der Waals surface area contributed by atoms with Crippen LogP contribution in [0.25, 0.3) is 0 Å². The first-order valence-electron chi connectivity index (χ1n) is 6.54. The Morgan fingerprint density at radius 1 is 1.11 bits per heavy atom. The van der Waals surface area contributed by atoms with E-state index in [4.69, 9.17) is 11.6 Å². The highest BCUT2D eigenvalue weighted by Gasteiger charge is 2.09. The van der Waals surface area contributed by atoms with Crippen molar-refractivity contribution < 1.29 is 0 Å². The molecular formula is C12H23ClN6. The Labute approximate surface area is 120 Å². The third-order valence-electron chi connectivity index (χ3n) is 2.57. The molecule has 0 aromatic carbocycles. The van der Waals surface area contributed by atoms with E-state index in [0.717, 1.165) is 32.5 Å². The molecule has 0 radical (unpaired) electrons. The van der Waals surface area contributed by atoms with Gasteiger partial charge in [-0.05, 0) is 45.1 Å². The summed E-state index contributed by atoms with van der Waals surface area (Å²) in [6.45, 7) is 4.82. The van der Waals surface area contributed by atoms with Crippen LogP contribution >= 0.6 is 11.6 Å². The number of anilines is 2. The average molecular weight is 287 g/mol. The van der Waals surface area contributed by atoms with Crippen molar-refractivity contribution in [2.24, 2.45) is 0 Å². The van der Waals surface area contributed by atoms with Gasteiger partial charge in [-0.2, -0.15) is 15.0 Å². The molecule has 6 nitrogen and oxygen atoms in total. The monoisotopic (exact) mass is 286 g/mol. The lowest BCUT2D eigenvalue weighted by molar-refractivity contribution is 0.401. The lowest BCUT2D eigenvalue weighted by Gasteiger charge is -2.18. The maximum absolute atomic E-state index is 5.92. The molecule has 0 bridgehead atoms. The summed E-state index contributed by atoms with van der Waals surface area (Å²) in [4.78, 5) is 16.7. The fourth-order valence-electron chi connectivity index (χ4n) is 1.55. The molecule has 0 aliphatic heterocycles. The van der Waals surface area contributed by atoms with Crippen LogP contribution in [0.1, 0.15) is 19.8 Å². The zero-order chi connectivity index (χ0) is 14.3. The van der Waals surface area contributed by atoms with Crippen LogP contribution in [0.4, 0.5) is 11.9 Å². The SMILES string of the molecule is CCCNc1nc(Cl)nc(N(C)CCCN(C)C)n1. The fourth-order valence-corrected chi connectivity index (χ4v) is 1.71. The molecule has 0 saturated heterocycles. The number of nitrogens with one attached hydrogen (secondary N) is 1. The molecule has 0 aliphatic carbocycles. The van der Waals surface area contributed by atoms with Crippen molar-refractivity contribution in [2.45, 2.75) is 19.8 Å². The lowest BCUT2D eigenvalue weighted by atomic mass is 10.4. The topological polar surface area (TPSA) is 57.2 Å². The molecule has 0 unspecified atom stereocenters. The molecule has 0 atom stereocenters. The van der Waals surface area contributed by atoms with Gasteiger partial charge in [0.05, 0.1) is 0 Å². The summed E-state index contributed by atoms with van der Waals surface area (Å²) in [7, 11) is 6.09. The van der Waals surface area contributed by atoms with Crippen molar-refractivity contribution >= 4 is 23.5 Å². The Kier molecular flexibility index (Phi) is 6.80. The van der Waals surface area contributed by atoms with Gasteiger partial charge >= 0.3 is 0 Å². The van der Waals surface area contributed by atoms with Crippen LogP contribution in [0.5, 0.6) is 0 Å². The summed E-state index contributed by atoms with van der Waals surface area (Å²) < 4.78 is 0. The maximum atomic E-state index is 5.92. The van der Waals surface area contributed by atoms with Crippen LogP contribution < -0.4 is 10.2 Å². The quantitative estimate of drug-likeness (QED) is 0.785. The molecule has 7 heteroatoms. The Hall–Kier alpha value is -1.14. The standard InChI is InChI=1S/C12H23ClN6/c1-5-7-14-11-15-10(13)16-12(17-11)19(4)9-6-8-18(2)3/h5-9H2,1-4H3,(H,14,15,16,17). The number of hydrogen-bond donors (Lipinski definition) is 1. The fraction of sp³-hybridized carbons (Fsp3) is 0.750. The van der Waals surface area contributed by atoms with E-state index in [1.165, 1.54) is 0 Å². The molecule has 1 heterocycles. The van der Waals surface area contributed by atoms with Gasteiger partial charge in [-0.3, -0.25) is 0 Å². The molecule has 108 valence electrons. The van der Waals surface area contributed by atoms with Crippen molar-refractivity contribution in [3.8, 4) is 0 Å². The molecule has 19 heavy (non-hydrogen) atoms. The molecule has 1 aromatic heterocycles. The first kappa shape index (κ1) is 15.9. The second-order valence-electron chi connectivity index (χ2n) is 4.73. The van der Waals surface area contributed by atoms with Gasteiger partial charge in [-0.1, -0.05) is 6.92 Å². The third-order valence-corrected chi connectivity index (χ3v) is 2.74. The largest absolute Gasteiger partial charge is 0.354 e. The van der Waals surface area contributed by atoms with Gasteiger partial charge in [0, 0.05) is 20.1 Å². The maximum Gasteiger partial charge on any atom is 0.231 e. The summed E-state index contributed by atoms with van der Waals surface area (Å²) in [5.74, 6) is 1.15. The van der Waals surface area contributed by atoms with Crippen LogP contribution in [0.15, 0.2) is 0 Å².